The second-order valence-corrected chi connectivity index (χ2v) is 6.52. The maximum absolute atomic E-state index is 5.94. The monoisotopic (exact) mass is 285 g/mol. The topological polar surface area (TPSA) is 43.0 Å². The van der Waals surface area contributed by atoms with Crippen molar-refractivity contribution in [2.45, 2.75) is 64.7 Å². The van der Waals surface area contributed by atoms with Gasteiger partial charge in [0.1, 0.15) is 0 Å². The third-order valence-electron chi connectivity index (χ3n) is 4.69. The molecule has 0 aliphatic heterocycles. The van der Waals surface area contributed by atoms with Gasteiger partial charge in [0.15, 0.2) is 0 Å². The second kappa shape index (κ2) is 6.20. The second-order valence-electron chi connectivity index (χ2n) is 6.52. The average molecular weight is 285 g/mol. The summed E-state index contributed by atoms with van der Waals surface area (Å²) in [7, 11) is 0. The van der Waals surface area contributed by atoms with Gasteiger partial charge in [-0.15, -0.1) is 0 Å². The van der Waals surface area contributed by atoms with Crippen LogP contribution in [0.5, 0.6) is 0 Å². The standard InChI is InChI=1S/C18H27N3/c1-13(2)21-17(12-20-16-8-3-4-9-16)10-14-6-5-7-15(11-19)18(14)21/h5-7,10,13,16,20H,3-4,8-9,11-12,19H2,1-2H3. The number of fused-ring (bicyclic) bond motifs is 1. The van der Waals surface area contributed by atoms with Crippen molar-refractivity contribution in [1.29, 1.82) is 0 Å². The van der Waals surface area contributed by atoms with E-state index >= 15 is 0 Å². The van der Waals surface area contributed by atoms with Crippen molar-refractivity contribution in [3.05, 3.63) is 35.5 Å². The van der Waals surface area contributed by atoms with Crippen LogP contribution >= 0.6 is 0 Å². The van der Waals surface area contributed by atoms with E-state index in [1.807, 2.05) is 0 Å². The molecule has 1 saturated carbocycles. The predicted molar refractivity (Wildman–Crippen MR) is 89.3 cm³/mol. The summed E-state index contributed by atoms with van der Waals surface area (Å²) in [4.78, 5) is 0. The molecule has 1 aliphatic carbocycles. The summed E-state index contributed by atoms with van der Waals surface area (Å²) in [5, 5.41) is 5.05. The van der Waals surface area contributed by atoms with Crippen LogP contribution in [0.3, 0.4) is 0 Å². The molecular formula is C18H27N3. The molecule has 114 valence electrons. The number of nitrogens with two attached hydrogens (primary N) is 1. The van der Waals surface area contributed by atoms with Gasteiger partial charge in [-0.05, 0) is 38.3 Å². The summed E-state index contributed by atoms with van der Waals surface area (Å²) in [5.74, 6) is 0. The zero-order valence-electron chi connectivity index (χ0n) is 13.2. The molecule has 1 aliphatic rings. The summed E-state index contributed by atoms with van der Waals surface area (Å²) in [6.45, 7) is 6.07. The van der Waals surface area contributed by atoms with Gasteiger partial charge in [0.05, 0.1) is 5.52 Å². The van der Waals surface area contributed by atoms with E-state index in [1.165, 1.54) is 47.8 Å². The summed E-state index contributed by atoms with van der Waals surface area (Å²) in [6, 6.07) is 9.95. The highest BCUT2D eigenvalue weighted by Crippen LogP contribution is 2.27. The predicted octanol–water partition coefficient (Wildman–Crippen LogP) is 3.71. The van der Waals surface area contributed by atoms with Gasteiger partial charge in [-0.3, -0.25) is 0 Å². The Bertz CT molecular complexity index is 606. The minimum absolute atomic E-state index is 0.454. The third-order valence-corrected chi connectivity index (χ3v) is 4.69. The van der Waals surface area contributed by atoms with Crippen molar-refractivity contribution in [2.24, 2.45) is 5.73 Å². The number of benzene rings is 1. The molecule has 1 fully saturated rings. The molecule has 1 heterocycles. The van der Waals surface area contributed by atoms with Crippen LogP contribution in [0.2, 0.25) is 0 Å². The van der Waals surface area contributed by atoms with Gasteiger partial charge in [-0.25, -0.2) is 0 Å². The molecule has 2 aromatic rings. The van der Waals surface area contributed by atoms with E-state index < -0.39 is 0 Å². The van der Waals surface area contributed by atoms with Crippen molar-refractivity contribution in [2.75, 3.05) is 0 Å². The molecule has 3 nitrogen and oxygen atoms in total. The van der Waals surface area contributed by atoms with Crippen LogP contribution in [0.4, 0.5) is 0 Å². The molecule has 3 rings (SSSR count). The molecule has 21 heavy (non-hydrogen) atoms. The zero-order valence-corrected chi connectivity index (χ0v) is 13.2. The first-order chi connectivity index (χ1) is 10.2. The van der Waals surface area contributed by atoms with Crippen LogP contribution in [0.1, 0.15) is 56.8 Å². The Morgan fingerprint density at radius 1 is 1.29 bits per heavy atom. The number of nitrogens with zero attached hydrogens (tertiary/aromatic N) is 1. The molecular weight excluding hydrogens is 258 g/mol. The average Bonchev–Trinajstić information content (AvgIpc) is 3.11. The van der Waals surface area contributed by atoms with Crippen LogP contribution in [0.15, 0.2) is 24.3 Å². The normalized spacial score (nSPS) is 16.4. The lowest BCUT2D eigenvalue weighted by atomic mass is 10.1. The van der Waals surface area contributed by atoms with Gasteiger partial charge in [-0.1, -0.05) is 31.0 Å². The number of aromatic nitrogens is 1. The van der Waals surface area contributed by atoms with E-state index in [1.54, 1.807) is 0 Å². The molecule has 0 radical (unpaired) electrons. The maximum Gasteiger partial charge on any atom is 0.0530 e. The molecule has 0 amide bonds. The van der Waals surface area contributed by atoms with Crippen molar-refractivity contribution in [3.8, 4) is 0 Å². The summed E-state index contributed by atoms with van der Waals surface area (Å²) in [6.07, 6.45) is 5.41. The Morgan fingerprint density at radius 3 is 2.71 bits per heavy atom. The number of hydrogen-bond donors (Lipinski definition) is 2. The molecule has 0 unspecified atom stereocenters. The SMILES string of the molecule is CC(C)n1c(CNC2CCCC2)cc2cccc(CN)c21. The Labute approximate surface area is 127 Å². The largest absolute Gasteiger partial charge is 0.341 e. The Morgan fingerprint density at radius 2 is 2.05 bits per heavy atom. The van der Waals surface area contributed by atoms with E-state index in [0.29, 0.717) is 18.6 Å². The fourth-order valence-electron chi connectivity index (χ4n) is 3.68. The van der Waals surface area contributed by atoms with Crippen LogP contribution in [0, 0.1) is 0 Å². The Kier molecular flexibility index (Phi) is 4.32. The maximum atomic E-state index is 5.94. The molecule has 0 spiro atoms. The lowest BCUT2D eigenvalue weighted by Crippen LogP contribution is -2.26. The van der Waals surface area contributed by atoms with Crippen molar-refractivity contribution in [1.82, 2.24) is 9.88 Å². The van der Waals surface area contributed by atoms with Crippen LogP contribution in [0.25, 0.3) is 10.9 Å². The first-order valence-corrected chi connectivity index (χ1v) is 8.26. The molecule has 3 heteroatoms. The van der Waals surface area contributed by atoms with Gasteiger partial charge in [0.2, 0.25) is 0 Å². The minimum atomic E-state index is 0.454. The number of rotatable bonds is 5. The van der Waals surface area contributed by atoms with E-state index in [4.69, 9.17) is 5.73 Å². The first kappa shape index (κ1) is 14.6. The van der Waals surface area contributed by atoms with Crippen molar-refractivity contribution < 1.29 is 0 Å². The van der Waals surface area contributed by atoms with E-state index in [0.717, 1.165) is 6.54 Å². The summed E-state index contributed by atoms with van der Waals surface area (Å²) < 4.78 is 2.46. The van der Waals surface area contributed by atoms with E-state index in [9.17, 15) is 0 Å². The number of para-hydroxylation sites is 1. The Hall–Kier alpha value is -1.32. The fraction of sp³-hybridized carbons (Fsp3) is 0.556. The molecule has 0 bridgehead atoms. The van der Waals surface area contributed by atoms with Crippen LogP contribution in [-0.4, -0.2) is 10.6 Å². The highest BCUT2D eigenvalue weighted by atomic mass is 15.0. The van der Waals surface area contributed by atoms with E-state index in [-0.39, 0.29) is 0 Å². The zero-order chi connectivity index (χ0) is 14.8. The third kappa shape index (κ3) is 2.85. The number of nitrogens with one attached hydrogen (secondary N) is 1. The minimum Gasteiger partial charge on any atom is -0.341 e. The fourth-order valence-corrected chi connectivity index (χ4v) is 3.68. The molecule has 0 saturated heterocycles. The van der Waals surface area contributed by atoms with Gasteiger partial charge in [0, 0.05) is 36.3 Å². The lowest BCUT2D eigenvalue weighted by Gasteiger charge is -2.18. The van der Waals surface area contributed by atoms with E-state index in [2.05, 4.69) is 48.0 Å². The van der Waals surface area contributed by atoms with Gasteiger partial charge < -0.3 is 15.6 Å². The van der Waals surface area contributed by atoms with Crippen molar-refractivity contribution in [3.63, 3.8) is 0 Å². The molecule has 3 N–H and O–H groups in total. The van der Waals surface area contributed by atoms with Gasteiger partial charge >= 0.3 is 0 Å². The summed E-state index contributed by atoms with van der Waals surface area (Å²) >= 11 is 0. The molecule has 1 aromatic heterocycles. The summed E-state index contributed by atoms with van der Waals surface area (Å²) in [5.41, 5.74) is 9.88. The van der Waals surface area contributed by atoms with Crippen molar-refractivity contribution >= 4 is 10.9 Å². The van der Waals surface area contributed by atoms with Gasteiger partial charge in [-0.2, -0.15) is 0 Å². The first-order valence-electron chi connectivity index (χ1n) is 8.26. The Balaban J connectivity index is 1.95. The van der Waals surface area contributed by atoms with Gasteiger partial charge in [0.25, 0.3) is 0 Å². The quantitative estimate of drug-likeness (QED) is 0.879. The smallest absolute Gasteiger partial charge is 0.0530 e. The molecule has 0 atom stereocenters. The van der Waals surface area contributed by atoms with Crippen LogP contribution in [-0.2, 0) is 13.1 Å². The lowest BCUT2D eigenvalue weighted by molar-refractivity contribution is 0.496. The molecule has 1 aromatic carbocycles. The van der Waals surface area contributed by atoms with Crippen LogP contribution < -0.4 is 11.1 Å². The number of hydrogen-bond acceptors (Lipinski definition) is 2. The highest BCUT2D eigenvalue weighted by Gasteiger charge is 2.17. The highest BCUT2D eigenvalue weighted by molar-refractivity contribution is 5.84.